The van der Waals surface area contributed by atoms with Crippen LogP contribution in [0.3, 0.4) is 0 Å². The Balaban J connectivity index is 1.60. The van der Waals surface area contributed by atoms with Crippen LogP contribution in [0.25, 0.3) is 10.9 Å². The summed E-state index contributed by atoms with van der Waals surface area (Å²) < 4.78 is 0. The van der Waals surface area contributed by atoms with Gasteiger partial charge in [0.05, 0.1) is 23.8 Å². The molecule has 0 spiro atoms. The lowest BCUT2D eigenvalue weighted by Crippen LogP contribution is -2.43. The van der Waals surface area contributed by atoms with Gasteiger partial charge in [-0.1, -0.05) is 23.8 Å². The van der Waals surface area contributed by atoms with Gasteiger partial charge in [0, 0.05) is 17.3 Å². The summed E-state index contributed by atoms with van der Waals surface area (Å²) in [6, 6.07) is 16.5. The van der Waals surface area contributed by atoms with Crippen molar-refractivity contribution in [2.24, 2.45) is 0 Å². The van der Waals surface area contributed by atoms with Gasteiger partial charge < -0.3 is 10.6 Å². The van der Waals surface area contributed by atoms with Crippen LogP contribution in [0.15, 0.2) is 60.8 Å². The van der Waals surface area contributed by atoms with Crippen molar-refractivity contribution in [3.63, 3.8) is 0 Å². The maximum absolute atomic E-state index is 12.7. The fraction of sp³-hybridized carbons (Fsp3) is 0.227. The first-order valence-corrected chi connectivity index (χ1v) is 9.15. The average molecular weight is 376 g/mol. The van der Waals surface area contributed by atoms with Crippen molar-refractivity contribution in [2.75, 3.05) is 24.2 Å². The number of amides is 2. The zero-order valence-electron chi connectivity index (χ0n) is 16.3. The number of benzene rings is 2. The Morgan fingerprint density at radius 3 is 2.54 bits per heavy atom. The van der Waals surface area contributed by atoms with Crippen molar-refractivity contribution >= 4 is 34.1 Å². The smallest absolute Gasteiger partial charge is 0.241 e. The molecule has 0 aliphatic heterocycles. The Labute approximate surface area is 164 Å². The summed E-state index contributed by atoms with van der Waals surface area (Å²) in [6.45, 7) is 3.88. The van der Waals surface area contributed by atoms with E-state index in [1.54, 1.807) is 25.1 Å². The van der Waals surface area contributed by atoms with Crippen LogP contribution in [0, 0.1) is 6.92 Å². The number of aryl methyl sites for hydroxylation is 1. The monoisotopic (exact) mass is 376 g/mol. The van der Waals surface area contributed by atoms with E-state index >= 15 is 0 Å². The lowest BCUT2D eigenvalue weighted by Gasteiger charge is -2.23. The largest absolute Gasteiger partial charge is 0.325 e. The van der Waals surface area contributed by atoms with E-state index < -0.39 is 6.04 Å². The number of aromatic nitrogens is 1. The number of nitrogens with one attached hydrogen (secondary N) is 2. The van der Waals surface area contributed by atoms with Crippen LogP contribution in [0.5, 0.6) is 0 Å². The Kier molecular flexibility index (Phi) is 6.01. The number of pyridine rings is 1. The van der Waals surface area contributed by atoms with Gasteiger partial charge in [0.1, 0.15) is 0 Å². The van der Waals surface area contributed by atoms with Crippen LogP contribution in [0.2, 0.25) is 0 Å². The van der Waals surface area contributed by atoms with Crippen LogP contribution in [-0.4, -0.2) is 41.3 Å². The summed E-state index contributed by atoms with van der Waals surface area (Å²) in [5, 5.41) is 6.67. The van der Waals surface area contributed by atoms with E-state index in [1.807, 2.05) is 61.5 Å². The Bertz CT molecular complexity index is 980. The van der Waals surface area contributed by atoms with Crippen molar-refractivity contribution in [1.29, 1.82) is 0 Å². The molecule has 6 heteroatoms. The van der Waals surface area contributed by atoms with E-state index in [4.69, 9.17) is 0 Å². The lowest BCUT2D eigenvalue weighted by molar-refractivity contribution is -0.122. The standard InChI is InChI=1S/C22H24N4O2/c1-15-9-11-17(12-10-15)24-21(27)14-26(3)16(2)22(28)25-20-8-4-7-19-18(20)6-5-13-23-19/h4-13,16H,14H2,1-3H3,(H,24,27)(H,25,28). The van der Waals surface area contributed by atoms with E-state index in [9.17, 15) is 9.59 Å². The molecule has 1 heterocycles. The van der Waals surface area contributed by atoms with Gasteiger partial charge in [-0.25, -0.2) is 0 Å². The predicted octanol–water partition coefficient (Wildman–Crippen LogP) is 3.44. The van der Waals surface area contributed by atoms with Gasteiger partial charge in [-0.05, 0) is 57.3 Å². The molecule has 6 nitrogen and oxygen atoms in total. The molecule has 1 atom stereocenters. The number of fused-ring (bicyclic) bond motifs is 1. The molecule has 0 saturated heterocycles. The molecule has 2 amide bonds. The molecule has 0 radical (unpaired) electrons. The zero-order valence-corrected chi connectivity index (χ0v) is 16.3. The Morgan fingerprint density at radius 2 is 1.79 bits per heavy atom. The predicted molar refractivity (Wildman–Crippen MR) is 112 cm³/mol. The molecular weight excluding hydrogens is 352 g/mol. The highest BCUT2D eigenvalue weighted by molar-refractivity contribution is 6.03. The number of hydrogen-bond acceptors (Lipinski definition) is 4. The fourth-order valence-corrected chi connectivity index (χ4v) is 2.85. The lowest BCUT2D eigenvalue weighted by atomic mass is 10.1. The summed E-state index contributed by atoms with van der Waals surface area (Å²) in [5.41, 5.74) is 3.40. The van der Waals surface area contributed by atoms with Crippen molar-refractivity contribution in [3.8, 4) is 0 Å². The van der Waals surface area contributed by atoms with E-state index in [0.717, 1.165) is 22.2 Å². The van der Waals surface area contributed by atoms with Crippen LogP contribution >= 0.6 is 0 Å². The molecular formula is C22H24N4O2. The van der Waals surface area contributed by atoms with Gasteiger partial charge in [0.2, 0.25) is 11.8 Å². The first kappa shape index (κ1) is 19.5. The van der Waals surface area contributed by atoms with Gasteiger partial charge in [-0.3, -0.25) is 19.5 Å². The molecule has 2 N–H and O–H groups in total. The summed E-state index contributed by atoms with van der Waals surface area (Å²) in [4.78, 5) is 31.0. The molecule has 2 aromatic carbocycles. The van der Waals surface area contributed by atoms with Gasteiger partial charge in [-0.15, -0.1) is 0 Å². The molecule has 0 aliphatic rings. The molecule has 3 rings (SSSR count). The number of hydrogen-bond donors (Lipinski definition) is 2. The number of rotatable bonds is 6. The highest BCUT2D eigenvalue weighted by atomic mass is 16.2. The minimum Gasteiger partial charge on any atom is -0.325 e. The van der Waals surface area contributed by atoms with Gasteiger partial charge in [0.15, 0.2) is 0 Å². The third kappa shape index (κ3) is 4.72. The van der Waals surface area contributed by atoms with E-state index in [1.165, 1.54) is 0 Å². The van der Waals surface area contributed by atoms with Crippen LogP contribution in [0.1, 0.15) is 12.5 Å². The third-order valence-corrected chi connectivity index (χ3v) is 4.67. The molecule has 144 valence electrons. The van der Waals surface area contributed by atoms with E-state index in [-0.39, 0.29) is 18.4 Å². The third-order valence-electron chi connectivity index (χ3n) is 4.67. The number of carbonyl (C=O) groups is 2. The van der Waals surface area contributed by atoms with Gasteiger partial charge in [-0.2, -0.15) is 0 Å². The van der Waals surface area contributed by atoms with E-state index in [0.29, 0.717) is 5.69 Å². The molecule has 28 heavy (non-hydrogen) atoms. The van der Waals surface area contributed by atoms with Crippen molar-refractivity contribution in [1.82, 2.24) is 9.88 Å². The summed E-state index contributed by atoms with van der Waals surface area (Å²) in [6.07, 6.45) is 1.72. The number of carbonyl (C=O) groups excluding carboxylic acids is 2. The number of nitrogens with zero attached hydrogens (tertiary/aromatic N) is 2. The van der Waals surface area contributed by atoms with E-state index in [2.05, 4.69) is 15.6 Å². The molecule has 1 aromatic heterocycles. The SMILES string of the molecule is Cc1ccc(NC(=O)CN(C)C(C)C(=O)Nc2cccc3ncccc23)cc1. The molecule has 0 fully saturated rings. The van der Waals surface area contributed by atoms with Crippen LogP contribution in [-0.2, 0) is 9.59 Å². The first-order valence-electron chi connectivity index (χ1n) is 9.15. The maximum atomic E-state index is 12.7. The fourth-order valence-electron chi connectivity index (χ4n) is 2.85. The normalized spacial score (nSPS) is 12.0. The maximum Gasteiger partial charge on any atom is 0.241 e. The van der Waals surface area contributed by atoms with Gasteiger partial charge in [0.25, 0.3) is 0 Å². The van der Waals surface area contributed by atoms with Crippen molar-refractivity contribution in [3.05, 3.63) is 66.4 Å². The molecule has 0 saturated carbocycles. The quantitative estimate of drug-likeness (QED) is 0.691. The highest BCUT2D eigenvalue weighted by Crippen LogP contribution is 2.21. The first-order chi connectivity index (χ1) is 13.4. The number of likely N-dealkylation sites (N-methyl/N-ethyl adjacent to an activating group) is 1. The zero-order chi connectivity index (χ0) is 20.1. The second kappa shape index (κ2) is 8.63. The minimum absolute atomic E-state index is 0.111. The highest BCUT2D eigenvalue weighted by Gasteiger charge is 2.21. The number of anilines is 2. The summed E-state index contributed by atoms with van der Waals surface area (Å²) in [7, 11) is 1.75. The minimum atomic E-state index is -0.476. The molecule has 0 aliphatic carbocycles. The summed E-state index contributed by atoms with van der Waals surface area (Å²) in [5.74, 6) is -0.345. The molecule has 0 bridgehead atoms. The van der Waals surface area contributed by atoms with Crippen molar-refractivity contribution in [2.45, 2.75) is 19.9 Å². The Morgan fingerprint density at radius 1 is 1.04 bits per heavy atom. The average Bonchev–Trinajstić information content (AvgIpc) is 2.69. The second-order valence-corrected chi connectivity index (χ2v) is 6.87. The summed E-state index contributed by atoms with van der Waals surface area (Å²) >= 11 is 0. The topological polar surface area (TPSA) is 74.3 Å². The van der Waals surface area contributed by atoms with Crippen LogP contribution < -0.4 is 10.6 Å². The molecule has 3 aromatic rings. The van der Waals surface area contributed by atoms with Gasteiger partial charge >= 0.3 is 0 Å². The second-order valence-electron chi connectivity index (χ2n) is 6.87. The molecule has 1 unspecified atom stereocenters. The van der Waals surface area contributed by atoms with Crippen LogP contribution in [0.4, 0.5) is 11.4 Å². The van der Waals surface area contributed by atoms with Crippen molar-refractivity contribution < 1.29 is 9.59 Å². The Hall–Kier alpha value is -3.25.